The number of nitrogens with one attached hydrogen (secondary N) is 1. The number of carbonyl (C=O) groups excluding carboxylic acids is 1. The molecule has 3 rings (SSSR count). The summed E-state index contributed by atoms with van der Waals surface area (Å²) in [4.78, 5) is 14.5. The van der Waals surface area contributed by atoms with Crippen LogP contribution >= 0.6 is 15.9 Å². The summed E-state index contributed by atoms with van der Waals surface area (Å²) in [5, 5.41) is 3.47. The number of hydrogen-bond acceptors (Lipinski definition) is 2. The Morgan fingerprint density at radius 1 is 1.21 bits per heavy atom. The van der Waals surface area contributed by atoms with Crippen molar-refractivity contribution in [1.29, 1.82) is 0 Å². The molecule has 0 spiro atoms. The summed E-state index contributed by atoms with van der Waals surface area (Å²) in [6, 6.07) is 7.69. The monoisotopic (exact) mass is 322 g/mol. The Balaban J connectivity index is 1.70. The van der Waals surface area contributed by atoms with Gasteiger partial charge in [0.15, 0.2) is 0 Å². The molecular formula is C15H19BrN2O. The molecular weight excluding hydrogens is 304 g/mol. The van der Waals surface area contributed by atoms with Crippen molar-refractivity contribution in [3.63, 3.8) is 0 Å². The third-order valence-electron chi connectivity index (χ3n) is 4.38. The number of nitrogens with zero attached hydrogens (tertiary/aromatic N) is 1. The maximum absolute atomic E-state index is 12.5. The van der Waals surface area contributed by atoms with Crippen LogP contribution in [0.3, 0.4) is 0 Å². The van der Waals surface area contributed by atoms with Gasteiger partial charge in [-0.2, -0.15) is 0 Å². The Labute approximate surface area is 122 Å². The molecule has 2 saturated heterocycles. The molecule has 0 unspecified atom stereocenters. The number of benzene rings is 1. The van der Waals surface area contributed by atoms with Gasteiger partial charge in [-0.3, -0.25) is 4.79 Å². The van der Waals surface area contributed by atoms with E-state index in [0.29, 0.717) is 0 Å². The fourth-order valence-corrected chi connectivity index (χ4v) is 3.62. The van der Waals surface area contributed by atoms with E-state index in [1.165, 1.54) is 0 Å². The molecule has 1 N–H and O–H groups in total. The van der Waals surface area contributed by atoms with Gasteiger partial charge < -0.3 is 10.2 Å². The molecule has 102 valence electrons. The lowest BCUT2D eigenvalue weighted by molar-refractivity contribution is 0.0758. The zero-order chi connectivity index (χ0) is 13.2. The van der Waals surface area contributed by atoms with Gasteiger partial charge in [-0.15, -0.1) is 0 Å². The third kappa shape index (κ3) is 2.84. The minimum Gasteiger partial charge on any atom is -0.339 e. The highest BCUT2D eigenvalue weighted by atomic mass is 79.9. The van der Waals surface area contributed by atoms with Crippen molar-refractivity contribution in [1.82, 2.24) is 10.2 Å². The second-order valence-corrected chi connectivity index (χ2v) is 6.47. The van der Waals surface area contributed by atoms with Crippen LogP contribution in [-0.4, -0.2) is 37.0 Å². The molecule has 1 amide bonds. The first kappa shape index (κ1) is 13.1. The van der Waals surface area contributed by atoms with Gasteiger partial charge in [0.05, 0.1) is 0 Å². The zero-order valence-electron chi connectivity index (χ0n) is 10.9. The van der Waals surface area contributed by atoms with Crippen LogP contribution in [0, 0.1) is 11.8 Å². The number of carbonyl (C=O) groups is 1. The fraction of sp³-hybridized carbons (Fsp3) is 0.533. The van der Waals surface area contributed by atoms with Crippen LogP contribution in [0.1, 0.15) is 23.2 Å². The first-order valence-electron chi connectivity index (χ1n) is 6.99. The normalized spacial score (nSPS) is 26.9. The van der Waals surface area contributed by atoms with E-state index in [0.717, 1.165) is 60.9 Å². The van der Waals surface area contributed by atoms with Gasteiger partial charge in [-0.25, -0.2) is 0 Å². The smallest absolute Gasteiger partial charge is 0.253 e. The van der Waals surface area contributed by atoms with E-state index in [1.807, 2.05) is 29.2 Å². The summed E-state index contributed by atoms with van der Waals surface area (Å²) in [7, 11) is 0. The fourth-order valence-electron chi connectivity index (χ4n) is 3.23. The lowest BCUT2D eigenvalue weighted by Gasteiger charge is -2.21. The number of likely N-dealkylation sites (tertiary alicyclic amines) is 1. The molecule has 2 aliphatic heterocycles. The van der Waals surface area contributed by atoms with Crippen molar-refractivity contribution in [2.24, 2.45) is 11.8 Å². The standard InChI is InChI=1S/C15H19BrN2O/c16-14-3-1-2-11(8-14)15(19)18-6-4-12-9-17-10-13(12)5-7-18/h1-3,8,12-13,17H,4-7,9-10H2/t12-,13+. The molecule has 0 radical (unpaired) electrons. The van der Waals surface area contributed by atoms with Gasteiger partial charge in [0.2, 0.25) is 0 Å². The highest BCUT2D eigenvalue weighted by Gasteiger charge is 2.31. The highest BCUT2D eigenvalue weighted by molar-refractivity contribution is 9.10. The lowest BCUT2D eigenvalue weighted by atomic mass is 9.92. The van der Waals surface area contributed by atoms with Crippen molar-refractivity contribution in [3.8, 4) is 0 Å². The summed E-state index contributed by atoms with van der Waals surface area (Å²) in [5.74, 6) is 1.70. The maximum atomic E-state index is 12.5. The molecule has 2 aliphatic rings. The number of amides is 1. The molecule has 1 aromatic carbocycles. The number of fused-ring (bicyclic) bond motifs is 1. The molecule has 4 heteroatoms. The van der Waals surface area contributed by atoms with Gasteiger partial charge in [-0.1, -0.05) is 22.0 Å². The first-order chi connectivity index (χ1) is 9.24. The highest BCUT2D eigenvalue weighted by Crippen LogP contribution is 2.27. The molecule has 2 fully saturated rings. The van der Waals surface area contributed by atoms with Crippen molar-refractivity contribution < 1.29 is 4.79 Å². The van der Waals surface area contributed by atoms with Gasteiger partial charge in [0.25, 0.3) is 5.91 Å². The maximum Gasteiger partial charge on any atom is 0.253 e. The molecule has 3 nitrogen and oxygen atoms in total. The Morgan fingerprint density at radius 2 is 1.89 bits per heavy atom. The summed E-state index contributed by atoms with van der Waals surface area (Å²) in [6.07, 6.45) is 2.27. The van der Waals surface area contributed by atoms with Crippen molar-refractivity contribution in [3.05, 3.63) is 34.3 Å². The van der Waals surface area contributed by atoms with Gasteiger partial charge >= 0.3 is 0 Å². The molecule has 19 heavy (non-hydrogen) atoms. The molecule has 0 saturated carbocycles. The average molecular weight is 323 g/mol. The average Bonchev–Trinajstić information content (AvgIpc) is 2.77. The summed E-state index contributed by atoms with van der Waals surface area (Å²) in [6.45, 7) is 4.05. The van der Waals surface area contributed by atoms with E-state index >= 15 is 0 Å². The predicted octanol–water partition coefficient (Wildman–Crippen LogP) is 2.52. The van der Waals surface area contributed by atoms with Crippen molar-refractivity contribution in [2.45, 2.75) is 12.8 Å². The second kappa shape index (κ2) is 5.63. The summed E-state index contributed by atoms with van der Waals surface area (Å²) in [5.41, 5.74) is 0.791. The van der Waals surface area contributed by atoms with Crippen LogP contribution in [0.25, 0.3) is 0 Å². The van der Waals surface area contributed by atoms with Gasteiger partial charge in [0.1, 0.15) is 0 Å². The van der Waals surface area contributed by atoms with E-state index in [4.69, 9.17) is 0 Å². The zero-order valence-corrected chi connectivity index (χ0v) is 12.5. The minimum atomic E-state index is 0.175. The Kier molecular flexibility index (Phi) is 3.89. The molecule has 0 aliphatic carbocycles. The van der Waals surface area contributed by atoms with Gasteiger partial charge in [0, 0.05) is 23.1 Å². The summed E-state index contributed by atoms with van der Waals surface area (Å²) < 4.78 is 0.967. The van der Waals surface area contributed by atoms with E-state index in [2.05, 4.69) is 21.2 Å². The van der Waals surface area contributed by atoms with Crippen molar-refractivity contribution in [2.75, 3.05) is 26.2 Å². The SMILES string of the molecule is O=C(c1cccc(Br)c1)N1CC[C@@H]2CNC[C@@H]2CC1. The van der Waals surface area contributed by atoms with Crippen LogP contribution in [0.5, 0.6) is 0 Å². The Bertz CT molecular complexity index is 463. The summed E-state index contributed by atoms with van der Waals surface area (Å²) >= 11 is 3.43. The van der Waals surface area contributed by atoms with Gasteiger partial charge in [-0.05, 0) is 56.0 Å². The number of halogens is 1. The lowest BCUT2D eigenvalue weighted by Crippen LogP contribution is -2.32. The van der Waals surface area contributed by atoms with E-state index < -0.39 is 0 Å². The van der Waals surface area contributed by atoms with Crippen LogP contribution in [0.4, 0.5) is 0 Å². The minimum absolute atomic E-state index is 0.175. The topological polar surface area (TPSA) is 32.3 Å². The molecule has 2 heterocycles. The second-order valence-electron chi connectivity index (χ2n) is 5.56. The molecule has 0 aromatic heterocycles. The van der Waals surface area contributed by atoms with Crippen molar-refractivity contribution >= 4 is 21.8 Å². The molecule has 2 atom stereocenters. The largest absolute Gasteiger partial charge is 0.339 e. The van der Waals surface area contributed by atoms with E-state index in [1.54, 1.807) is 0 Å². The van der Waals surface area contributed by atoms with Crippen LogP contribution in [0.2, 0.25) is 0 Å². The number of hydrogen-bond donors (Lipinski definition) is 1. The molecule has 1 aromatic rings. The third-order valence-corrected chi connectivity index (χ3v) is 4.87. The Hall–Kier alpha value is -0.870. The van der Waals surface area contributed by atoms with Crippen LogP contribution in [0.15, 0.2) is 28.7 Å². The number of rotatable bonds is 1. The predicted molar refractivity (Wildman–Crippen MR) is 79.1 cm³/mol. The quantitative estimate of drug-likeness (QED) is 0.861. The van der Waals surface area contributed by atoms with Crippen LogP contribution in [-0.2, 0) is 0 Å². The Morgan fingerprint density at radius 3 is 2.53 bits per heavy atom. The van der Waals surface area contributed by atoms with Crippen LogP contribution < -0.4 is 5.32 Å². The van der Waals surface area contributed by atoms with E-state index in [-0.39, 0.29) is 5.91 Å². The molecule has 0 bridgehead atoms. The van der Waals surface area contributed by atoms with E-state index in [9.17, 15) is 4.79 Å². The first-order valence-corrected chi connectivity index (χ1v) is 7.79.